The van der Waals surface area contributed by atoms with E-state index in [4.69, 9.17) is 4.52 Å². The number of hydrogen-bond donors (Lipinski definition) is 2. The number of aromatic amines is 1. The molecule has 0 saturated carbocycles. The summed E-state index contributed by atoms with van der Waals surface area (Å²) in [4.78, 5) is 36.0. The molecule has 0 aliphatic heterocycles. The van der Waals surface area contributed by atoms with E-state index in [9.17, 15) is 9.59 Å². The minimum Gasteiger partial charge on any atom is -0.340 e. The van der Waals surface area contributed by atoms with Crippen molar-refractivity contribution < 1.29 is 9.32 Å². The van der Waals surface area contributed by atoms with Gasteiger partial charge in [-0.25, -0.2) is 4.98 Å². The van der Waals surface area contributed by atoms with Gasteiger partial charge in [-0.1, -0.05) is 48.8 Å². The smallest absolute Gasteiger partial charge is 0.264 e. The predicted octanol–water partition coefficient (Wildman–Crippen LogP) is 2.82. The molecule has 0 aliphatic rings. The SMILES string of the molecule is Cc1ccc(-c2ncc(C(=O)N[C@@H](C)c3nc(CC(C)C)no3)c(=O)[nH]2)cc1. The number of H-pyrrole nitrogens is 1. The molecular formula is C20H23N5O3. The third kappa shape index (κ3) is 4.51. The van der Waals surface area contributed by atoms with Crippen LogP contribution in [0.15, 0.2) is 39.8 Å². The molecule has 8 nitrogen and oxygen atoms in total. The topological polar surface area (TPSA) is 114 Å². The fourth-order valence-electron chi connectivity index (χ4n) is 2.64. The van der Waals surface area contributed by atoms with Crippen LogP contribution in [-0.2, 0) is 6.42 Å². The number of aromatic nitrogens is 4. The van der Waals surface area contributed by atoms with E-state index in [2.05, 4.69) is 39.3 Å². The van der Waals surface area contributed by atoms with E-state index in [0.717, 1.165) is 11.1 Å². The van der Waals surface area contributed by atoms with Gasteiger partial charge in [-0.15, -0.1) is 0 Å². The molecule has 2 heterocycles. The molecule has 146 valence electrons. The number of carbonyl (C=O) groups excluding carboxylic acids is 1. The van der Waals surface area contributed by atoms with Gasteiger partial charge in [-0.3, -0.25) is 9.59 Å². The van der Waals surface area contributed by atoms with Crippen molar-refractivity contribution in [2.45, 2.75) is 40.2 Å². The van der Waals surface area contributed by atoms with Crippen LogP contribution in [-0.4, -0.2) is 26.0 Å². The van der Waals surface area contributed by atoms with E-state index < -0.39 is 17.5 Å². The number of carbonyl (C=O) groups is 1. The third-order valence-corrected chi connectivity index (χ3v) is 4.16. The molecule has 0 saturated heterocycles. The van der Waals surface area contributed by atoms with Crippen LogP contribution >= 0.6 is 0 Å². The molecule has 0 spiro atoms. The summed E-state index contributed by atoms with van der Waals surface area (Å²) in [7, 11) is 0. The van der Waals surface area contributed by atoms with Gasteiger partial charge in [0.1, 0.15) is 17.4 Å². The first-order valence-electron chi connectivity index (χ1n) is 9.13. The van der Waals surface area contributed by atoms with Gasteiger partial charge >= 0.3 is 0 Å². The second kappa shape index (κ2) is 8.16. The van der Waals surface area contributed by atoms with Gasteiger partial charge in [0.05, 0.1) is 0 Å². The van der Waals surface area contributed by atoms with E-state index >= 15 is 0 Å². The van der Waals surface area contributed by atoms with Crippen molar-refractivity contribution in [3.8, 4) is 11.4 Å². The summed E-state index contributed by atoms with van der Waals surface area (Å²) in [6.45, 7) is 7.80. The summed E-state index contributed by atoms with van der Waals surface area (Å²) in [5.74, 6) is 1.13. The van der Waals surface area contributed by atoms with E-state index in [1.807, 2.05) is 31.2 Å². The maximum Gasteiger partial charge on any atom is 0.264 e. The lowest BCUT2D eigenvalue weighted by Gasteiger charge is -2.09. The molecule has 8 heteroatoms. The number of hydrogen-bond acceptors (Lipinski definition) is 6. The summed E-state index contributed by atoms with van der Waals surface area (Å²) in [6.07, 6.45) is 1.96. The normalized spacial score (nSPS) is 12.2. The molecule has 0 bridgehead atoms. The number of nitrogens with zero attached hydrogens (tertiary/aromatic N) is 3. The highest BCUT2D eigenvalue weighted by molar-refractivity contribution is 5.93. The number of rotatable bonds is 6. The Hall–Kier alpha value is -3.29. The molecule has 28 heavy (non-hydrogen) atoms. The molecule has 2 aromatic heterocycles. The zero-order chi connectivity index (χ0) is 20.3. The summed E-state index contributed by atoms with van der Waals surface area (Å²) < 4.78 is 5.20. The van der Waals surface area contributed by atoms with Gasteiger partial charge in [0.15, 0.2) is 5.82 Å². The molecular weight excluding hydrogens is 358 g/mol. The fourth-order valence-corrected chi connectivity index (χ4v) is 2.64. The first kappa shape index (κ1) is 19.5. The van der Waals surface area contributed by atoms with Crippen molar-refractivity contribution in [1.82, 2.24) is 25.4 Å². The lowest BCUT2D eigenvalue weighted by atomic mass is 10.1. The molecule has 0 unspecified atom stereocenters. The Morgan fingerprint density at radius 2 is 1.93 bits per heavy atom. The van der Waals surface area contributed by atoms with Crippen molar-refractivity contribution in [2.24, 2.45) is 5.92 Å². The maximum atomic E-state index is 12.5. The van der Waals surface area contributed by atoms with Crippen molar-refractivity contribution in [3.05, 3.63) is 63.7 Å². The molecule has 1 aromatic carbocycles. The minimum atomic E-state index is -0.555. The summed E-state index contributed by atoms with van der Waals surface area (Å²) >= 11 is 0. The van der Waals surface area contributed by atoms with Crippen molar-refractivity contribution in [2.75, 3.05) is 0 Å². The molecule has 0 radical (unpaired) electrons. The Labute approximate surface area is 162 Å². The number of amides is 1. The number of aryl methyl sites for hydroxylation is 1. The molecule has 0 fully saturated rings. The first-order chi connectivity index (χ1) is 13.3. The third-order valence-electron chi connectivity index (χ3n) is 4.16. The van der Waals surface area contributed by atoms with E-state index in [1.54, 1.807) is 6.92 Å². The highest BCUT2D eigenvalue weighted by atomic mass is 16.5. The van der Waals surface area contributed by atoms with Crippen LogP contribution in [0.3, 0.4) is 0 Å². The van der Waals surface area contributed by atoms with Gasteiger partial charge < -0.3 is 14.8 Å². The standard InChI is InChI=1S/C20H23N5O3/c1-11(2)9-16-23-20(28-25-16)13(4)22-18(26)15-10-21-17(24-19(15)27)14-7-5-12(3)6-8-14/h5-8,10-11,13H,9H2,1-4H3,(H,22,26)(H,21,24,27)/t13-/m0/s1. The second-order valence-electron chi connectivity index (χ2n) is 7.18. The zero-order valence-corrected chi connectivity index (χ0v) is 16.3. The van der Waals surface area contributed by atoms with Crippen LogP contribution in [0.25, 0.3) is 11.4 Å². The lowest BCUT2D eigenvalue weighted by Crippen LogP contribution is -2.32. The highest BCUT2D eigenvalue weighted by Gasteiger charge is 2.20. The molecule has 2 N–H and O–H groups in total. The molecule has 1 amide bonds. The molecule has 0 aliphatic carbocycles. The van der Waals surface area contributed by atoms with Gasteiger partial charge in [0, 0.05) is 18.2 Å². The highest BCUT2D eigenvalue weighted by Crippen LogP contribution is 2.15. The first-order valence-corrected chi connectivity index (χ1v) is 9.13. The number of benzene rings is 1. The molecule has 3 aromatic rings. The summed E-state index contributed by atoms with van der Waals surface area (Å²) in [5.41, 5.74) is 1.28. The molecule has 3 rings (SSSR count). The molecule has 1 atom stereocenters. The van der Waals surface area contributed by atoms with Crippen LogP contribution in [0, 0.1) is 12.8 Å². The van der Waals surface area contributed by atoms with Crippen molar-refractivity contribution in [3.63, 3.8) is 0 Å². The average Bonchev–Trinajstić information content (AvgIpc) is 3.10. The van der Waals surface area contributed by atoms with Crippen LogP contribution in [0.5, 0.6) is 0 Å². The lowest BCUT2D eigenvalue weighted by molar-refractivity contribution is 0.0930. The Morgan fingerprint density at radius 3 is 2.57 bits per heavy atom. The van der Waals surface area contributed by atoms with E-state index in [-0.39, 0.29) is 5.56 Å². The van der Waals surface area contributed by atoms with Crippen molar-refractivity contribution >= 4 is 5.91 Å². The van der Waals surface area contributed by atoms with Crippen LogP contribution in [0.1, 0.15) is 54.4 Å². The van der Waals surface area contributed by atoms with Crippen LogP contribution in [0.2, 0.25) is 0 Å². The Kier molecular flexibility index (Phi) is 5.67. The zero-order valence-electron chi connectivity index (χ0n) is 16.3. The quantitative estimate of drug-likeness (QED) is 0.679. The average molecular weight is 381 g/mol. The number of nitrogens with one attached hydrogen (secondary N) is 2. The van der Waals surface area contributed by atoms with Gasteiger partial charge in [0.2, 0.25) is 5.89 Å². The largest absolute Gasteiger partial charge is 0.340 e. The Balaban J connectivity index is 1.72. The Bertz CT molecular complexity index is 1020. The predicted molar refractivity (Wildman–Crippen MR) is 104 cm³/mol. The summed E-state index contributed by atoms with van der Waals surface area (Å²) in [5, 5.41) is 6.60. The van der Waals surface area contributed by atoms with Gasteiger partial charge in [-0.2, -0.15) is 4.98 Å². The van der Waals surface area contributed by atoms with Gasteiger partial charge in [-0.05, 0) is 19.8 Å². The monoisotopic (exact) mass is 381 g/mol. The van der Waals surface area contributed by atoms with E-state index in [0.29, 0.717) is 29.9 Å². The van der Waals surface area contributed by atoms with E-state index in [1.165, 1.54) is 6.20 Å². The summed E-state index contributed by atoms with van der Waals surface area (Å²) in [6, 6.07) is 7.04. The fraction of sp³-hybridized carbons (Fsp3) is 0.350. The van der Waals surface area contributed by atoms with Crippen molar-refractivity contribution in [1.29, 1.82) is 0 Å². The van der Waals surface area contributed by atoms with Gasteiger partial charge in [0.25, 0.3) is 11.5 Å². The maximum absolute atomic E-state index is 12.5. The van der Waals surface area contributed by atoms with Crippen LogP contribution in [0.4, 0.5) is 0 Å². The Morgan fingerprint density at radius 1 is 1.21 bits per heavy atom. The minimum absolute atomic E-state index is 0.0790. The van der Waals surface area contributed by atoms with Crippen LogP contribution < -0.4 is 10.9 Å². The second-order valence-corrected chi connectivity index (χ2v) is 7.18.